The van der Waals surface area contributed by atoms with E-state index in [-0.39, 0.29) is 11.4 Å². The molecule has 1 saturated heterocycles. The molecule has 0 bridgehead atoms. The van der Waals surface area contributed by atoms with Crippen LogP contribution in [0.1, 0.15) is 40.0 Å². The largest absolute Gasteiger partial charge is 0.342 e. The molecule has 0 radical (unpaired) electrons. The molecule has 0 spiro atoms. The van der Waals surface area contributed by atoms with Crippen LogP contribution in [0.4, 0.5) is 0 Å². The normalized spacial score (nSPS) is 22.9. The van der Waals surface area contributed by atoms with Gasteiger partial charge in [0.1, 0.15) is 0 Å². The van der Waals surface area contributed by atoms with Gasteiger partial charge in [-0.05, 0) is 32.6 Å². The van der Waals surface area contributed by atoms with Crippen molar-refractivity contribution >= 4 is 5.91 Å². The van der Waals surface area contributed by atoms with Crippen molar-refractivity contribution in [3.05, 3.63) is 0 Å². The Bertz CT molecular complexity index is 208. The van der Waals surface area contributed by atoms with Crippen LogP contribution >= 0.6 is 0 Å². The zero-order valence-corrected chi connectivity index (χ0v) is 9.55. The lowest BCUT2D eigenvalue weighted by molar-refractivity contribution is -0.130. The molecule has 1 unspecified atom stereocenters. The fourth-order valence-electron chi connectivity index (χ4n) is 1.75. The van der Waals surface area contributed by atoms with Gasteiger partial charge in [0.25, 0.3) is 0 Å². The molecular weight excluding hydrogens is 176 g/mol. The number of carbonyl (C=O) groups excluding carboxylic acids is 1. The van der Waals surface area contributed by atoms with Crippen LogP contribution in [-0.4, -0.2) is 29.4 Å². The summed E-state index contributed by atoms with van der Waals surface area (Å²) < 4.78 is 0. The predicted octanol–water partition coefficient (Wildman–Crippen LogP) is 1.37. The van der Waals surface area contributed by atoms with Gasteiger partial charge in [-0.25, -0.2) is 0 Å². The van der Waals surface area contributed by atoms with Crippen molar-refractivity contribution in [2.75, 3.05) is 13.1 Å². The molecule has 1 atom stereocenters. The van der Waals surface area contributed by atoms with Crippen LogP contribution in [0.3, 0.4) is 0 Å². The highest BCUT2D eigenvalue weighted by atomic mass is 16.2. The highest BCUT2D eigenvalue weighted by Gasteiger charge is 2.24. The van der Waals surface area contributed by atoms with Crippen molar-refractivity contribution in [1.29, 1.82) is 0 Å². The molecule has 3 nitrogen and oxygen atoms in total. The number of carbonyl (C=O) groups is 1. The smallest absolute Gasteiger partial charge is 0.222 e. The lowest BCUT2D eigenvalue weighted by Crippen LogP contribution is -2.35. The van der Waals surface area contributed by atoms with Gasteiger partial charge in [0.15, 0.2) is 0 Å². The molecule has 2 N–H and O–H groups in total. The summed E-state index contributed by atoms with van der Waals surface area (Å²) >= 11 is 0. The predicted molar refractivity (Wildman–Crippen MR) is 57.9 cm³/mol. The number of rotatable bonds is 3. The molecule has 1 heterocycles. The first-order valence-corrected chi connectivity index (χ1v) is 5.45. The zero-order valence-electron chi connectivity index (χ0n) is 9.55. The van der Waals surface area contributed by atoms with Crippen LogP contribution in [0.15, 0.2) is 0 Å². The fourth-order valence-corrected chi connectivity index (χ4v) is 1.75. The highest BCUT2D eigenvalue weighted by Crippen LogP contribution is 2.17. The van der Waals surface area contributed by atoms with Crippen molar-refractivity contribution in [3.8, 4) is 0 Å². The second kappa shape index (κ2) is 4.30. The van der Waals surface area contributed by atoms with Gasteiger partial charge in [0.2, 0.25) is 5.91 Å². The molecule has 1 fully saturated rings. The summed E-state index contributed by atoms with van der Waals surface area (Å²) in [5, 5.41) is 0. The topological polar surface area (TPSA) is 46.3 Å². The SMILES string of the molecule is CC1CCN(C(=O)CCC(C)(C)N)C1. The summed E-state index contributed by atoms with van der Waals surface area (Å²) in [5.41, 5.74) is 5.62. The maximum Gasteiger partial charge on any atom is 0.222 e. The summed E-state index contributed by atoms with van der Waals surface area (Å²) in [6.45, 7) is 7.99. The number of nitrogens with two attached hydrogens (primary N) is 1. The van der Waals surface area contributed by atoms with Gasteiger partial charge in [0, 0.05) is 25.0 Å². The summed E-state index contributed by atoms with van der Waals surface area (Å²) in [4.78, 5) is 13.7. The minimum atomic E-state index is -0.221. The first-order chi connectivity index (χ1) is 6.38. The number of likely N-dealkylation sites (tertiary alicyclic amines) is 1. The molecule has 1 rings (SSSR count). The summed E-state index contributed by atoms with van der Waals surface area (Å²) in [6, 6.07) is 0. The van der Waals surface area contributed by atoms with E-state index in [9.17, 15) is 4.79 Å². The van der Waals surface area contributed by atoms with E-state index in [0.717, 1.165) is 25.9 Å². The maximum absolute atomic E-state index is 11.7. The van der Waals surface area contributed by atoms with Crippen LogP contribution in [0, 0.1) is 5.92 Å². The molecular formula is C11H22N2O. The second-order valence-corrected chi connectivity index (χ2v) is 5.22. The minimum absolute atomic E-state index is 0.221. The van der Waals surface area contributed by atoms with E-state index in [0.29, 0.717) is 12.3 Å². The van der Waals surface area contributed by atoms with Crippen molar-refractivity contribution in [2.45, 2.75) is 45.6 Å². The Morgan fingerprint density at radius 3 is 2.64 bits per heavy atom. The maximum atomic E-state index is 11.7. The van der Waals surface area contributed by atoms with Gasteiger partial charge >= 0.3 is 0 Å². The van der Waals surface area contributed by atoms with E-state index in [1.54, 1.807) is 0 Å². The van der Waals surface area contributed by atoms with Gasteiger partial charge in [-0.3, -0.25) is 4.79 Å². The third-order valence-corrected chi connectivity index (χ3v) is 2.76. The molecule has 0 aromatic heterocycles. The average molecular weight is 198 g/mol. The van der Waals surface area contributed by atoms with E-state index in [1.807, 2.05) is 18.7 Å². The fraction of sp³-hybridized carbons (Fsp3) is 0.909. The van der Waals surface area contributed by atoms with Crippen molar-refractivity contribution in [3.63, 3.8) is 0 Å². The van der Waals surface area contributed by atoms with Crippen LogP contribution in [0.2, 0.25) is 0 Å². The van der Waals surface area contributed by atoms with Crippen LogP contribution in [0.25, 0.3) is 0 Å². The van der Waals surface area contributed by atoms with Gasteiger partial charge < -0.3 is 10.6 Å². The molecule has 1 amide bonds. The Labute approximate surface area is 86.6 Å². The molecule has 0 aromatic rings. The quantitative estimate of drug-likeness (QED) is 0.744. The molecule has 1 aliphatic rings. The Kier molecular flexibility index (Phi) is 3.53. The van der Waals surface area contributed by atoms with Gasteiger partial charge in [-0.2, -0.15) is 0 Å². The molecule has 0 aliphatic carbocycles. The number of hydrogen-bond acceptors (Lipinski definition) is 2. The standard InChI is InChI=1S/C11H22N2O/c1-9-5-7-13(8-9)10(14)4-6-11(2,3)12/h9H,4-8,12H2,1-3H3. The van der Waals surface area contributed by atoms with E-state index in [2.05, 4.69) is 6.92 Å². The minimum Gasteiger partial charge on any atom is -0.342 e. The van der Waals surface area contributed by atoms with Crippen molar-refractivity contribution in [1.82, 2.24) is 4.90 Å². The Hall–Kier alpha value is -0.570. The van der Waals surface area contributed by atoms with Gasteiger partial charge in [0.05, 0.1) is 0 Å². The molecule has 14 heavy (non-hydrogen) atoms. The first-order valence-electron chi connectivity index (χ1n) is 5.45. The number of nitrogens with zero attached hydrogens (tertiary/aromatic N) is 1. The molecule has 1 aliphatic heterocycles. The second-order valence-electron chi connectivity index (χ2n) is 5.22. The molecule has 82 valence electrons. The summed E-state index contributed by atoms with van der Waals surface area (Å²) in [6.07, 6.45) is 2.52. The van der Waals surface area contributed by atoms with Gasteiger partial charge in [-0.15, -0.1) is 0 Å². The Morgan fingerprint density at radius 1 is 1.57 bits per heavy atom. The van der Waals surface area contributed by atoms with E-state index < -0.39 is 0 Å². The van der Waals surface area contributed by atoms with E-state index in [1.165, 1.54) is 0 Å². The lowest BCUT2D eigenvalue weighted by Gasteiger charge is -2.21. The molecule has 0 saturated carbocycles. The highest BCUT2D eigenvalue weighted by molar-refractivity contribution is 5.76. The van der Waals surface area contributed by atoms with Crippen LogP contribution in [0.5, 0.6) is 0 Å². The van der Waals surface area contributed by atoms with Crippen LogP contribution in [-0.2, 0) is 4.79 Å². The lowest BCUT2D eigenvalue weighted by atomic mass is 10.00. The van der Waals surface area contributed by atoms with E-state index in [4.69, 9.17) is 5.73 Å². The number of amides is 1. The number of hydrogen-bond donors (Lipinski definition) is 1. The third-order valence-electron chi connectivity index (χ3n) is 2.76. The monoisotopic (exact) mass is 198 g/mol. The van der Waals surface area contributed by atoms with Gasteiger partial charge in [-0.1, -0.05) is 6.92 Å². The summed E-state index contributed by atoms with van der Waals surface area (Å²) in [7, 11) is 0. The Morgan fingerprint density at radius 2 is 2.21 bits per heavy atom. The van der Waals surface area contributed by atoms with Crippen LogP contribution < -0.4 is 5.73 Å². The first kappa shape index (κ1) is 11.5. The van der Waals surface area contributed by atoms with E-state index >= 15 is 0 Å². The van der Waals surface area contributed by atoms with Crippen molar-refractivity contribution < 1.29 is 4.79 Å². The Balaban J connectivity index is 2.29. The zero-order chi connectivity index (χ0) is 10.8. The molecule has 3 heteroatoms. The average Bonchev–Trinajstić information content (AvgIpc) is 2.46. The summed E-state index contributed by atoms with van der Waals surface area (Å²) in [5.74, 6) is 0.942. The van der Waals surface area contributed by atoms with Crippen molar-refractivity contribution in [2.24, 2.45) is 11.7 Å². The third kappa shape index (κ3) is 3.66. The molecule has 0 aromatic carbocycles.